The maximum absolute atomic E-state index is 11.7. The van der Waals surface area contributed by atoms with Gasteiger partial charge in [-0.2, -0.15) is 0 Å². The lowest BCUT2D eigenvalue weighted by Gasteiger charge is -2.06. The molecule has 5 nitrogen and oxygen atoms in total. The quantitative estimate of drug-likeness (QED) is 0.592. The third kappa shape index (κ3) is 6.05. The van der Waals surface area contributed by atoms with Gasteiger partial charge in [0.05, 0.1) is 10.0 Å². The molecule has 0 spiro atoms. The summed E-state index contributed by atoms with van der Waals surface area (Å²) < 4.78 is 4.85. The first-order valence-corrected chi connectivity index (χ1v) is 8.20. The SMILES string of the molecule is Cc1ccc(/C=C/C(=O)OCC(=O)Nc2ncc(Cl)cc2Cl)cc1Cl. The Morgan fingerprint density at radius 1 is 1.20 bits per heavy atom. The molecule has 8 heteroatoms. The van der Waals surface area contributed by atoms with E-state index in [-0.39, 0.29) is 10.8 Å². The van der Waals surface area contributed by atoms with E-state index in [0.717, 1.165) is 11.1 Å². The monoisotopic (exact) mass is 398 g/mol. The van der Waals surface area contributed by atoms with Crippen LogP contribution in [-0.2, 0) is 14.3 Å². The Bertz CT molecular complexity index is 838. The summed E-state index contributed by atoms with van der Waals surface area (Å²) in [4.78, 5) is 27.3. The molecule has 1 aromatic heterocycles. The fraction of sp³-hybridized carbons (Fsp3) is 0.118. The Kier molecular flexibility index (Phi) is 6.82. The van der Waals surface area contributed by atoms with Crippen LogP contribution < -0.4 is 5.32 Å². The third-order valence-electron chi connectivity index (χ3n) is 3.02. The van der Waals surface area contributed by atoms with Gasteiger partial charge < -0.3 is 10.1 Å². The molecule has 0 saturated heterocycles. The highest BCUT2D eigenvalue weighted by atomic mass is 35.5. The minimum atomic E-state index is -0.665. The second-order valence-electron chi connectivity index (χ2n) is 4.98. The van der Waals surface area contributed by atoms with Crippen molar-refractivity contribution >= 4 is 58.6 Å². The second-order valence-corrected chi connectivity index (χ2v) is 6.23. The molecule has 0 bridgehead atoms. The molecule has 1 heterocycles. The molecule has 1 aromatic carbocycles. The van der Waals surface area contributed by atoms with Crippen LogP contribution in [0.1, 0.15) is 11.1 Å². The summed E-state index contributed by atoms with van der Waals surface area (Å²) in [6.07, 6.45) is 4.09. The number of nitrogens with zero attached hydrogens (tertiary/aromatic N) is 1. The molecular formula is C17H13Cl3N2O3. The van der Waals surface area contributed by atoms with Gasteiger partial charge in [-0.25, -0.2) is 9.78 Å². The zero-order valence-electron chi connectivity index (χ0n) is 13.1. The van der Waals surface area contributed by atoms with Gasteiger partial charge in [0, 0.05) is 17.3 Å². The van der Waals surface area contributed by atoms with Gasteiger partial charge in [-0.1, -0.05) is 46.9 Å². The summed E-state index contributed by atoms with van der Waals surface area (Å²) in [5.74, 6) is -1.10. The number of hydrogen-bond donors (Lipinski definition) is 1. The van der Waals surface area contributed by atoms with E-state index in [0.29, 0.717) is 10.0 Å². The van der Waals surface area contributed by atoms with Gasteiger partial charge in [-0.05, 0) is 36.3 Å². The number of ether oxygens (including phenoxy) is 1. The normalized spacial score (nSPS) is 10.7. The maximum Gasteiger partial charge on any atom is 0.331 e. The fourth-order valence-electron chi connectivity index (χ4n) is 1.74. The first-order valence-electron chi connectivity index (χ1n) is 7.07. The van der Waals surface area contributed by atoms with Crippen LogP contribution in [0.25, 0.3) is 6.08 Å². The lowest BCUT2D eigenvalue weighted by Crippen LogP contribution is -2.20. The number of rotatable bonds is 5. The number of carbonyl (C=O) groups excluding carboxylic acids is 2. The van der Waals surface area contributed by atoms with Crippen molar-refractivity contribution in [1.29, 1.82) is 0 Å². The van der Waals surface area contributed by atoms with Crippen LogP contribution in [0.3, 0.4) is 0 Å². The van der Waals surface area contributed by atoms with E-state index in [1.165, 1.54) is 18.3 Å². The Hall–Kier alpha value is -2.08. The van der Waals surface area contributed by atoms with E-state index in [1.807, 2.05) is 19.1 Å². The number of esters is 1. The lowest BCUT2D eigenvalue weighted by molar-refractivity contribution is -0.142. The highest BCUT2D eigenvalue weighted by Crippen LogP contribution is 2.22. The van der Waals surface area contributed by atoms with E-state index < -0.39 is 18.5 Å². The van der Waals surface area contributed by atoms with Crippen molar-refractivity contribution in [2.75, 3.05) is 11.9 Å². The molecule has 0 unspecified atom stereocenters. The highest BCUT2D eigenvalue weighted by molar-refractivity contribution is 6.36. The van der Waals surface area contributed by atoms with E-state index >= 15 is 0 Å². The third-order valence-corrected chi connectivity index (χ3v) is 3.92. The first kappa shape index (κ1) is 19.2. The number of halogens is 3. The lowest BCUT2D eigenvalue weighted by atomic mass is 10.1. The average Bonchev–Trinajstić information content (AvgIpc) is 2.56. The number of aromatic nitrogens is 1. The number of aryl methyl sites for hydroxylation is 1. The van der Waals surface area contributed by atoms with E-state index in [4.69, 9.17) is 39.5 Å². The number of carbonyl (C=O) groups is 2. The van der Waals surface area contributed by atoms with Crippen LogP contribution in [-0.4, -0.2) is 23.5 Å². The first-order chi connectivity index (χ1) is 11.8. The Balaban J connectivity index is 1.85. The molecule has 2 aromatic rings. The molecule has 1 amide bonds. The zero-order chi connectivity index (χ0) is 18.4. The van der Waals surface area contributed by atoms with Crippen molar-refractivity contribution in [3.8, 4) is 0 Å². The molecule has 0 fully saturated rings. The minimum Gasteiger partial charge on any atom is -0.452 e. The van der Waals surface area contributed by atoms with Crippen molar-refractivity contribution < 1.29 is 14.3 Å². The molecule has 0 saturated carbocycles. The number of anilines is 1. The Labute approximate surface area is 159 Å². The zero-order valence-corrected chi connectivity index (χ0v) is 15.3. The molecule has 0 atom stereocenters. The van der Waals surface area contributed by atoms with E-state index in [2.05, 4.69) is 10.3 Å². The van der Waals surface area contributed by atoms with Gasteiger partial charge in [0.15, 0.2) is 12.4 Å². The smallest absolute Gasteiger partial charge is 0.331 e. The molecule has 25 heavy (non-hydrogen) atoms. The van der Waals surface area contributed by atoms with Crippen molar-refractivity contribution in [1.82, 2.24) is 4.98 Å². The van der Waals surface area contributed by atoms with Gasteiger partial charge in [-0.3, -0.25) is 4.79 Å². The molecule has 0 aliphatic heterocycles. The maximum atomic E-state index is 11.7. The van der Waals surface area contributed by atoms with Gasteiger partial charge in [0.25, 0.3) is 5.91 Å². The molecular weight excluding hydrogens is 387 g/mol. The molecule has 1 N–H and O–H groups in total. The van der Waals surface area contributed by atoms with E-state index in [9.17, 15) is 9.59 Å². The van der Waals surface area contributed by atoms with Crippen molar-refractivity contribution in [2.45, 2.75) is 6.92 Å². The summed E-state index contributed by atoms with van der Waals surface area (Å²) in [5.41, 5.74) is 1.68. The highest BCUT2D eigenvalue weighted by Gasteiger charge is 2.09. The van der Waals surface area contributed by atoms with Gasteiger partial charge >= 0.3 is 5.97 Å². The van der Waals surface area contributed by atoms with Crippen molar-refractivity contribution in [3.63, 3.8) is 0 Å². The van der Waals surface area contributed by atoms with E-state index in [1.54, 1.807) is 12.1 Å². The van der Waals surface area contributed by atoms with Crippen molar-refractivity contribution in [2.24, 2.45) is 0 Å². The van der Waals surface area contributed by atoms with Gasteiger partial charge in [0.2, 0.25) is 0 Å². The predicted octanol–water partition coefficient (Wildman–Crippen LogP) is 4.55. The van der Waals surface area contributed by atoms with Crippen LogP contribution in [0, 0.1) is 6.92 Å². The van der Waals surface area contributed by atoms with Crippen molar-refractivity contribution in [3.05, 3.63) is 62.7 Å². The molecule has 2 rings (SSSR count). The van der Waals surface area contributed by atoms with Gasteiger partial charge in [-0.15, -0.1) is 0 Å². The predicted molar refractivity (Wildman–Crippen MR) is 99.1 cm³/mol. The number of pyridine rings is 1. The molecule has 130 valence electrons. The van der Waals surface area contributed by atoms with Crippen LogP contribution >= 0.6 is 34.8 Å². The van der Waals surface area contributed by atoms with Gasteiger partial charge in [0.1, 0.15) is 0 Å². The number of hydrogen-bond acceptors (Lipinski definition) is 4. The Morgan fingerprint density at radius 2 is 1.96 bits per heavy atom. The average molecular weight is 400 g/mol. The van der Waals surface area contributed by atoms with Crippen LogP contribution in [0.2, 0.25) is 15.1 Å². The molecule has 0 aliphatic carbocycles. The fourth-order valence-corrected chi connectivity index (χ4v) is 2.35. The summed E-state index contributed by atoms with van der Waals surface area (Å²) in [6, 6.07) is 6.81. The van der Waals surface area contributed by atoms with Crippen LogP contribution in [0.15, 0.2) is 36.5 Å². The Morgan fingerprint density at radius 3 is 2.64 bits per heavy atom. The number of nitrogens with one attached hydrogen (secondary N) is 1. The second kappa shape index (κ2) is 8.85. The summed E-state index contributed by atoms with van der Waals surface area (Å²) in [7, 11) is 0. The number of benzene rings is 1. The van der Waals surface area contributed by atoms with Crippen LogP contribution in [0.5, 0.6) is 0 Å². The van der Waals surface area contributed by atoms with Crippen LogP contribution in [0.4, 0.5) is 5.82 Å². The molecule has 0 aliphatic rings. The minimum absolute atomic E-state index is 0.136. The standard InChI is InChI=1S/C17H13Cl3N2O3/c1-10-2-3-11(6-13(10)19)4-5-16(24)25-9-15(23)22-17-14(20)7-12(18)8-21-17/h2-8H,9H2,1H3,(H,21,22,23)/b5-4+. The molecule has 0 radical (unpaired) electrons. The summed E-state index contributed by atoms with van der Waals surface area (Å²) in [6.45, 7) is 1.41. The largest absolute Gasteiger partial charge is 0.452 e. The number of amides is 1. The summed E-state index contributed by atoms with van der Waals surface area (Å²) >= 11 is 17.6. The topological polar surface area (TPSA) is 68.3 Å². The summed E-state index contributed by atoms with van der Waals surface area (Å²) in [5, 5.41) is 3.55.